The number of aromatic hydroxyl groups is 2. The first kappa shape index (κ1) is 23.7. The van der Waals surface area contributed by atoms with Crippen LogP contribution in [0.25, 0.3) is 11.0 Å². The van der Waals surface area contributed by atoms with E-state index in [1.165, 1.54) is 0 Å². The second-order valence-electron chi connectivity index (χ2n) is 8.44. The fourth-order valence-electron chi connectivity index (χ4n) is 3.50. The van der Waals surface area contributed by atoms with Crippen molar-refractivity contribution in [1.29, 1.82) is 0 Å². The number of unbranched alkanes of at least 4 members (excludes halogenated alkanes) is 1. The predicted molar refractivity (Wildman–Crippen MR) is 117 cm³/mol. The first-order chi connectivity index (χ1) is 14.1. The van der Waals surface area contributed by atoms with Crippen LogP contribution in [0.3, 0.4) is 0 Å². The van der Waals surface area contributed by atoms with Crippen LogP contribution in [0.1, 0.15) is 87.9 Å². The van der Waals surface area contributed by atoms with Crippen molar-refractivity contribution in [1.82, 2.24) is 0 Å². The summed E-state index contributed by atoms with van der Waals surface area (Å²) in [5.74, 6) is -1.02. The van der Waals surface area contributed by atoms with Gasteiger partial charge in [0.1, 0.15) is 17.1 Å². The number of allylic oxidation sites excluding steroid dienone is 2. The van der Waals surface area contributed by atoms with Gasteiger partial charge in [0.15, 0.2) is 11.4 Å². The number of hydrogen-bond acceptors (Lipinski definition) is 6. The van der Waals surface area contributed by atoms with Crippen LogP contribution in [0.4, 0.5) is 0 Å². The highest BCUT2D eigenvalue weighted by atomic mass is 16.4. The average molecular weight is 417 g/mol. The standard InChI is InChI=1S/C24H32O6/c1-6-7-8-17(25)16-12-19(27)30-24-20(16)22(28)15(10-9-13(2)3)23(29)21(24)18(26)11-14(4)5/h9,12,14,17,25,28-29H,6-8,10-11H2,1-5H3. The average Bonchev–Trinajstić information content (AvgIpc) is 2.64. The van der Waals surface area contributed by atoms with E-state index in [4.69, 9.17) is 4.42 Å². The van der Waals surface area contributed by atoms with E-state index in [2.05, 4.69) is 0 Å². The number of aliphatic hydroxyl groups excluding tert-OH is 1. The molecule has 0 saturated heterocycles. The molecular formula is C24H32O6. The van der Waals surface area contributed by atoms with Crippen LogP contribution in [-0.2, 0) is 6.42 Å². The van der Waals surface area contributed by atoms with E-state index in [1.807, 2.05) is 40.7 Å². The molecule has 1 aromatic heterocycles. The highest BCUT2D eigenvalue weighted by molar-refractivity contribution is 6.11. The Morgan fingerprint density at radius 2 is 1.87 bits per heavy atom. The van der Waals surface area contributed by atoms with Crippen molar-refractivity contribution in [3.8, 4) is 11.5 Å². The maximum atomic E-state index is 13.0. The predicted octanol–water partition coefficient (Wildman–Crippen LogP) is 5.17. The van der Waals surface area contributed by atoms with Gasteiger partial charge >= 0.3 is 5.63 Å². The van der Waals surface area contributed by atoms with Gasteiger partial charge in [-0.15, -0.1) is 0 Å². The maximum absolute atomic E-state index is 13.0. The summed E-state index contributed by atoms with van der Waals surface area (Å²) in [6, 6.07) is 1.15. The van der Waals surface area contributed by atoms with E-state index in [-0.39, 0.29) is 63.7 Å². The number of phenolic OH excluding ortho intramolecular Hbond substituents is 2. The lowest BCUT2D eigenvalue weighted by Gasteiger charge is -2.18. The zero-order chi connectivity index (χ0) is 22.6. The molecule has 1 unspecified atom stereocenters. The molecule has 0 spiro atoms. The second kappa shape index (κ2) is 9.94. The Hall–Kier alpha value is -2.60. The lowest BCUT2D eigenvalue weighted by atomic mass is 9.90. The second-order valence-corrected chi connectivity index (χ2v) is 8.44. The van der Waals surface area contributed by atoms with Gasteiger partial charge in [0.05, 0.1) is 11.5 Å². The first-order valence-corrected chi connectivity index (χ1v) is 10.5. The van der Waals surface area contributed by atoms with Gasteiger partial charge in [-0.05, 0) is 32.6 Å². The number of fused-ring (bicyclic) bond motifs is 1. The third-order valence-electron chi connectivity index (χ3n) is 5.04. The SMILES string of the molecule is CCCCC(O)c1cc(=O)oc2c(C(=O)CC(C)C)c(O)c(CC=C(C)C)c(O)c12. The van der Waals surface area contributed by atoms with Crippen LogP contribution in [0.5, 0.6) is 11.5 Å². The summed E-state index contributed by atoms with van der Waals surface area (Å²) >= 11 is 0. The summed E-state index contributed by atoms with van der Waals surface area (Å²) < 4.78 is 5.31. The number of carbonyl (C=O) groups is 1. The largest absolute Gasteiger partial charge is 0.507 e. The molecule has 6 heteroatoms. The summed E-state index contributed by atoms with van der Waals surface area (Å²) in [6.45, 7) is 9.51. The Balaban J connectivity index is 2.92. The number of ketones is 1. The van der Waals surface area contributed by atoms with Crippen LogP contribution >= 0.6 is 0 Å². The van der Waals surface area contributed by atoms with Crippen LogP contribution in [-0.4, -0.2) is 21.1 Å². The quantitative estimate of drug-likeness (QED) is 0.296. The first-order valence-electron chi connectivity index (χ1n) is 10.5. The van der Waals surface area contributed by atoms with Gasteiger partial charge in [-0.25, -0.2) is 4.79 Å². The number of carbonyl (C=O) groups excluding carboxylic acids is 1. The Kier molecular flexibility index (Phi) is 7.84. The molecule has 30 heavy (non-hydrogen) atoms. The van der Waals surface area contributed by atoms with Crippen molar-refractivity contribution in [3.05, 3.63) is 44.8 Å². The van der Waals surface area contributed by atoms with Crippen molar-refractivity contribution in [3.63, 3.8) is 0 Å². The van der Waals surface area contributed by atoms with E-state index in [0.717, 1.165) is 24.5 Å². The molecule has 2 aromatic rings. The lowest BCUT2D eigenvalue weighted by Crippen LogP contribution is -2.11. The smallest absolute Gasteiger partial charge is 0.336 e. The molecule has 2 rings (SSSR count). The summed E-state index contributed by atoms with van der Waals surface area (Å²) in [5.41, 5.74) is 0.331. The fraction of sp³-hybridized carbons (Fsp3) is 0.500. The number of rotatable bonds is 9. The molecule has 6 nitrogen and oxygen atoms in total. The molecule has 0 aliphatic heterocycles. The van der Waals surface area contributed by atoms with Crippen molar-refractivity contribution < 1.29 is 24.5 Å². The highest BCUT2D eigenvalue weighted by Crippen LogP contribution is 2.43. The minimum Gasteiger partial charge on any atom is -0.507 e. The molecular weight excluding hydrogens is 384 g/mol. The Morgan fingerprint density at radius 1 is 1.20 bits per heavy atom. The van der Waals surface area contributed by atoms with Gasteiger partial charge in [0.2, 0.25) is 0 Å². The van der Waals surface area contributed by atoms with E-state index in [1.54, 1.807) is 0 Å². The fourth-order valence-corrected chi connectivity index (χ4v) is 3.50. The molecule has 1 heterocycles. The molecule has 0 bridgehead atoms. The van der Waals surface area contributed by atoms with E-state index < -0.39 is 11.7 Å². The zero-order valence-corrected chi connectivity index (χ0v) is 18.4. The maximum Gasteiger partial charge on any atom is 0.336 e. The van der Waals surface area contributed by atoms with Crippen molar-refractivity contribution in [2.75, 3.05) is 0 Å². The number of phenols is 2. The molecule has 0 radical (unpaired) electrons. The molecule has 3 N–H and O–H groups in total. The van der Waals surface area contributed by atoms with Gasteiger partial charge in [-0.2, -0.15) is 0 Å². The van der Waals surface area contributed by atoms with E-state index in [9.17, 15) is 24.9 Å². The molecule has 0 saturated carbocycles. The number of benzene rings is 1. The molecule has 164 valence electrons. The van der Waals surface area contributed by atoms with E-state index >= 15 is 0 Å². The van der Waals surface area contributed by atoms with Gasteiger partial charge in [0.25, 0.3) is 0 Å². The van der Waals surface area contributed by atoms with Crippen LogP contribution in [0.15, 0.2) is 26.9 Å². The van der Waals surface area contributed by atoms with Crippen molar-refractivity contribution in [2.45, 2.75) is 72.8 Å². The van der Waals surface area contributed by atoms with Crippen LogP contribution in [0, 0.1) is 5.92 Å². The molecule has 0 fully saturated rings. The third-order valence-corrected chi connectivity index (χ3v) is 5.04. The number of Topliss-reactive ketones (excluding diaryl/α,β-unsaturated/α-hetero) is 1. The summed E-state index contributed by atoms with van der Waals surface area (Å²) in [5, 5.41) is 32.7. The van der Waals surface area contributed by atoms with Gasteiger partial charge in [-0.1, -0.05) is 45.3 Å². The highest BCUT2D eigenvalue weighted by Gasteiger charge is 2.28. The third kappa shape index (κ3) is 5.11. The van der Waals surface area contributed by atoms with Gasteiger partial charge in [0, 0.05) is 23.6 Å². The summed E-state index contributed by atoms with van der Waals surface area (Å²) in [4.78, 5) is 25.2. The summed E-state index contributed by atoms with van der Waals surface area (Å²) in [7, 11) is 0. The molecule has 0 amide bonds. The lowest BCUT2D eigenvalue weighted by molar-refractivity contribution is 0.0965. The molecule has 0 aliphatic rings. The molecule has 0 aliphatic carbocycles. The van der Waals surface area contributed by atoms with Crippen molar-refractivity contribution >= 4 is 16.8 Å². The van der Waals surface area contributed by atoms with Gasteiger partial charge in [-0.3, -0.25) is 4.79 Å². The Labute approximate surface area is 176 Å². The monoisotopic (exact) mass is 416 g/mol. The summed E-state index contributed by atoms with van der Waals surface area (Å²) in [6.07, 6.45) is 3.14. The molecule has 1 aromatic carbocycles. The number of hydrogen-bond donors (Lipinski definition) is 3. The minimum absolute atomic E-state index is 0.0204. The van der Waals surface area contributed by atoms with Gasteiger partial charge < -0.3 is 19.7 Å². The Bertz CT molecular complexity index is 1010. The zero-order valence-electron chi connectivity index (χ0n) is 18.4. The Morgan fingerprint density at radius 3 is 2.43 bits per heavy atom. The van der Waals surface area contributed by atoms with Crippen LogP contribution < -0.4 is 5.63 Å². The topological polar surface area (TPSA) is 108 Å². The van der Waals surface area contributed by atoms with Crippen molar-refractivity contribution in [2.24, 2.45) is 5.92 Å². The number of aliphatic hydroxyl groups is 1. The van der Waals surface area contributed by atoms with E-state index in [0.29, 0.717) is 6.42 Å². The normalized spacial score (nSPS) is 12.4. The van der Waals surface area contributed by atoms with Crippen LogP contribution in [0.2, 0.25) is 0 Å². The molecule has 1 atom stereocenters. The minimum atomic E-state index is -1.00.